The minimum Gasteiger partial charge on any atom is -0.385 e. The highest BCUT2D eigenvalue weighted by molar-refractivity contribution is 7.64. The number of hydrogen-bond donors (Lipinski definition) is 2. The number of nitrogens with one attached hydrogen (secondary N) is 2. The summed E-state index contributed by atoms with van der Waals surface area (Å²) < 4.78 is 39.9. The monoisotopic (exact) mass is 434 g/mol. The molecule has 1 atom stereocenters. The fourth-order valence-electron chi connectivity index (χ4n) is 3.62. The Balaban J connectivity index is 2.03. The first-order valence-electron chi connectivity index (χ1n) is 9.76. The summed E-state index contributed by atoms with van der Waals surface area (Å²) in [4.78, 5) is 8.79. The zero-order valence-corrected chi connectivity index (χ0v) is 18.6. The predicted molar refractivity (Wildman–Crippen MR) is 120 cm³/mol. The van der Waals surface area contributed by atoms with E-state index in [4.69, 9.17) is 0 Å². The Morgan fingerprint density at radius 3 is 2.50 bits per heavy atom. The molecule has 3 rings (SSSR count). The third-order valence-electron chi connectivity index (χ3n) is 5.10. The molecule has 1 heterocycles. The number of hydrogen-bond acceptors (Lipinski definition) is 4. The van der Waals surface area contributed by atoms with Crippen LogP contribution in [0.4, 0.5) is 24.7 Å². The zero-order valence-electron chi connectivity index (χ0n) is 17.7. The number of rotatable bonds is 6. The minimum absolute atomic E-state index is 0.226. The second-order valence-corrected chi connectivity index (χ2v) is 9.69. The first-order chi connectivity index (χ1) is 14.1. The second kappa shape index (κ2) is 8.76. The SMILES string of the molecule is CCNc1cc2ncnc(NC(C)c3cccc(C(F)(F)F)c3C)c2cc1P(C)C. The van der Waals surface area contributed by atoms with E-state index in [2.05, 4.69) is 40.0 Å². The number of benzene rings is 2. The molecule has 0 spiro atoms. The number of nitrogens with zero attached hydrogens (tertiary/aromatic N) is 2. The quantitative estimate of drug-likeness (QED) is 0.472. The predicted octanol–water partition coefficient (Wildman–Crippen LogP) is 5.93. The van der Waals surface area contributed by atoms with Crippen LogP contribution in [0.25, 0.3) is 10.9 Å². The Bertz CT molecular complexity index is 1050. The van der Waals surface area contributed by atoms with Crippen LogP contribution in [-0.2, 0) is 6.18 Å². The van der Waals surface area contributed by atoms with Gasteiger partial charge in [0.1, 0.15) is 12.1 Å². The standard InChI is InChI=1S/C22H26F3N4P/c1-6-26-19-11-18-16(10-20(19)30(4)5)21(28-12-27-18)29-14(3)15-8-7-9-17(13(15)2)22(23,24)25/h7-12,14,26H,6H2,1-5H3,(H,27,28,29). The fourth-order valence-corrected chi connectivity index (χ4v) is 4.63. The fraction of sp³-hybridized carbons (Fsp3) is 0.364. The first kappa shape index (κ1) is 22.3. The van der Waals surface area contributed by atoms with Crippen LogP contribution in [0.2, 0.25) is 0 Å². The lowest BCUT2D eigenvalue weighted by Gasteiger charge is -2.21. The van der Waals surface area contributed by atoms with Crippen molar-refractivity contribution in [3.63, 3.8) is 0 Å². The lowest BCUT2D eigenvalue weighted by molar-refractivity contribution is -0.138. The Labute approximate surface area is 176 Å². The van der Waals surface area contributed by atoms with E-state index in [1.54, 1.807) is 6.07 Å². The van der Waals surface area contributed by atoms with Gasteiger partial charge in [-0.1, -0.05) is 20.1 Å². The van der Waals surface area contributed by atoms with Gasteiger partial charge >= 0.3 is 6.18 Å². The van der Waals surface area contributed by atoms with Gasteiger partial charge in [0.25, 0.3) is 0 Å². The second-order valence-electron chi connectivity index (χ2n) is 7.42. The molecule has 1 unspecified atom stereocenters. The molecule has 0 aliphatic carbocycles. The van der Waals surface area contributed by atoms with Crippen molar-refractivity contribution in [2.45, 2.75) is 33.0 Å². The van der Waals surface area contributed by atoms with Crippen molar-refractivity contribution < 1.29 is 13.2 Å². The van der Waals surface area contributed by atoms with Crippen LogP contribution in [0.15, 0.2) is 36.7 Å². The van der Waals surface area contributed by atoms with Crippen molar-refractivity contribution in [2.75, 3.05) is 30.5 Å². The molecule has 8 heteroatoms. The van der Waals surface area contributed by atoms with Gasteiger partial charge in [-0.3, -0.25) is 0 Å². The Hall–Kier alpha value is -2.40. The van der Waals surface area contributed by atoms with E-state index in [9.17, 15) is 13.2 Å². The van der Waals surface area contributed by atoms with Gasteiger partial charge in [0.05, 0.1) is 17.1 Å². The van der Waals surface area contributed by atoms with Crippen LogP contribution in [0, 0.1) is 6.92 Å². The molecule has 0 saturated heterocycles. The average Bonchev–Trinajstić information content (AvgIpc) is 2.67. The van der Waals surface area contributed by atoms with E-state index >= 15 is 0 Å². The normalized spacial score (nSPS) is 13.0. The molecule has 0 saturated carbocycles. The van der Waals surface area contributed by atoms with Gasteiger partial charge in [-0.25, -0.2) is 9.97 Å². The largest absolute Gasteiger partial charge is 0.416 e. The maximum atomic E-state index is 13.3. The molecule has 160 valence electrons. The van der Waals surface area contributed by atoms with Gasteiger partial charge in [0.2, 0.25) is 0 Å². The topological polar surface area (TPSA) is 49.8 Å². The summed E-state index contributed by atoms with van der Waals surface area (Å²) in [5.41, 5.74) is 2.06. The van der Waals surface area contributed by atoms with Crippen molar-refractivity contribution in [3.8, 4) is 0 Å². The Kier molecular flexibility index (Phi) is 6.51. The van der Waals surface area contributed by atoms with Gasteiger partial charge in [0, 0.05) is 17.6 Å². The van der Waals surface area contributed by atoms with Gasteiger partial charge in [-0.2, -0.15) is 13.2 Å². The third kappa shape index (κ3) is 4.51. The summed E-state index contributed by atoms with van der Waals surface area (Å²) in [5, 5.41) is 8.77. The maximum absolute atomic E-state index is 13.3. The summed E-state index contributed by atoms with van der Waals surface area (Å²) in [6.45, 7) is 10.6. The van der Waals surface area contributed by atoms with Gasteiger partial charge in [0.15, 0.2) is 0 Å². The molecule has 0 bridgehead atoms. The molecule has 0 radical (unpaired) electrons. The lowest BCUT2D eigenvalue weighted by atomic mass is 9.97. The summed E-state index contributed by atoms with van der Waals surface area (Å²) >= 11 is 0. The molecule has 1 aromatic heterocycles. The van der Waals surface area contributed by atoms with E-state index in [-0.39, 0.29) is 19.5 Å². The highest BCUT2D eigenvalue weighted by Gasteiger charge is 2.33. The van der Waals surface area contributed by atoms with Crippen LogP contribution in [0.5, 0.6) is 0 Å². The van der Waals surface area contributed by atoms with E-state index in [1.807, 2.05) is 19.9 Å². The molecule has 2 aromatic carbocycles. The average molecular weight is 434 g/mol. The van der Waals surface area contributed by atoms with Crippen molar-refractivity contribution in [3.05, 3.63) is 53.3 Å². The van der Waals surface area contributed by atoms with Crippen molar-refractivity contribution in [2.24, 2.45) is 0 Å². The zero-order chi connectivity index (χ0) is 22.1. The minimum atomic E-state index is -4.38. The number of aromatic nitrogens is 2. The maximum Gasteiger partial charge on any atom is 0.416 e. The molecule has 0 aliphatic heterocycles. The van der Waals surface area contributed by atoms with E-state index in [0.717, 1.165) is 29.2 Å². The van der Waals surface area contributed by atoms with Crippen LogP contribution < -0.4 is 15.9 Å². The Morgan fingerprint density at radius 2 is 1.87 bits per heavy atom. The molecule has 0 fully saturated rings. The molecule has 4 nitrogen and oxygen atoms in total. The number of fused-ring (bicyclic) bond motifs is 1. The summed E-state index contributed by atoms with van der Waals surface area (Å²) in [6, 6.07) is 8.04. The molecule has 0 amide bonds. The summed E-state index contributed by atoms with van der Waals surface area (Å²) in [6.07, 6.45) is -2.90. The molecular weight excluding hydrogens is 408 g/mol. The van der Waals surface area contributed by atoms with Crippen LogP contribution in [0.3, 0.4) is 0 Å². The summed E-state index contributed by atoms with van der Waals surface area (Å²) in [5.74, 6) is 0.616. The lowest BCUT2D eigenvalue weighted by Crippen LogP contribution is -2.15. The molecule has 30 heavy (non-hydrogen) atoms. The van der Waals surface area contributed by atoms with Crippen molar-refractivity contribution in [1.29, 1.82) is 0 Å². The van der Waals surface area contributed by atoms with E-state index in [0.29, 0.717) is 11.4 Å². The Morgan fingerprint density at radius 1 is 1.13 bits per heavy atom. The van der Waals surface area contributed by atoms with E-state index in [1.165, 1.54) is 24.6 Å². The first-order valence-corrected chi connectivity index (χ1v) is 12.0. The smallest absolute Gasteiger partial charge is 0.385 e. The van der Waals surface area contributed by atoms with Crippen LogP contribution in [-0.4, -0.2) is 29.8 Å². The molecular formula is C22H26F3N4P. The molecule has 0 aliphatic rings. The van der Waals surface area contributed by atoms with Gasteiger partial charge in [-0.15, -0.1) is 0 Å². The third-order valence-corrected chi connectivity index (χ3v) is 6.44. The van der Waals surface area contributed by atoms with Gasteiger partial charge < -0.3 is 10.6 Å². The number of alkyl halides is 3. The van der Waals surface area contributed by atoms with Crippen LogP contribution in [0.1, 0.15) is 36.6 Å². The van der Waals surface area contributed by atoms with Crippen molar-refractivity contribution in [1.82, 2.24) is 9.97 Å². The van der Waals surface area contributed by atoms with Crippen LogP contribution >= 0.6 is 7.92 Å². The van der Waals surface area contributed by atoms with Gasteiger partial charge in [-0.05, 0) is 68.7 Å². The molecule has 2 N–H and O–H groups in total. The summed E-state index contributed by atoms with van der Waals surface area (Å²) in [7, 11) is -0.371. The van der Waals surface area contributed by atoms with E-state index < -0.39 is 11.7 Å². The molecule has 3 aromatic rings. The number of anilines is 2. The van der Waals surface area contributed by atoms with Crippen molar-refractivity contribution >= 4 is 35.6 Å². The number of halogens is 3. The highest BCUT2D eigenvalue weighted by Crippen LogP contribution is 2.36. The highest BCUT2D eigenvalue weighted by atomic mass is 31.1.